The zero-order valence-corrected chi connectivity index (χ0v) is 12.2. The Hall–Kier alpha value is -1.22. The second-order valence-corrected chi connectivity index (χ2v) is 4.97. The lowest BCUT2D eigenvalue weighted by Crippen LogP contribution is -2.33. The molecule has 0 bridgehead atoms. The fourth-order valence-corrected chi connectivity index (χ4v) is 2.32. The molecule has 1 aromatic carbocycles. The zero-order chi connectivity index (χ0) is 13.7. The minimum Gasteiger partial charge on any atom is -0.496 e. The van der Waals surface area contributed by atoms with Crippen LogP contribution in [0.3, 0.4) is 0 Å². The maximum absolute atomic E-state index is 6.12. The van der Waals surface area contributed by atoms with Gasteiger partial charge in [-0.3, -0.25) is 0 Å². The predicted molar refractivity (Wildman–Crippen MR) is 78.4 cm³/mol. The van der Waals surface area contributed by atoms with Crippen LogP contribution in [0.4, 0.5) is 5.69 Å². The first-order valence-electron chi connectivity index (χ1n) is 6.72. The summed E-state index contributed by atoms with van der Waals surface area (Å²) in [4.78, 5) is 2.39. The molecule has 0 aromatic heterocycles. The number of ether oxygens (including phenoxy) is 1. The van der Waals surface area contributed by atoms with Crippen molar-refractivity contribution < 1.29 is 4.74 Å². The molecule has 0 saturated carbocycles. The van der Waals surface area contributed by atoms with Gasteiger partial charge in [0.25, 0.3) is 0 Å². The Morgan fingerprint density at radius 1 is 1.28 bits per heavy atom. The predicted octanol–water partition coefficient (Wildman–Crippen LogP) is 3.34. The van der Waals surface area contributed by atoms with Gasteiger partial charge in [-0.25, -0.2) is 0 Å². The summed E-state index contributed by atoms with van der Waals surface area (Å²) >= 11 is 0. The summed E-state index contributed by atoms with van der Waals surface area (Å²) in [5, 5.41) is 0. The first-order chi connectivity index (χ1) is 8.52. The van der Waals surface area contributed by atoms with Crippen molar-refractivity contribution in [3.8, 4) is 5.75 Å². The van der Waals surface area contributed by atoms with Crippen LogP contribution in [0.25, 0.3) is 0 Å². The van der Waals surface area contributed by atoms with E-state index in [4.69, 9.17) is 10.5 Å². The van der Waals surface area contributed by atoms with Crippen LogP contribution in [0.15, 0.2) is 18.2 Å². The molecule has 3 nitrogen and oxygen atoms in total. The van der Waals surface area contributed by atoms with Gasteiger partial charge in [0.05, 0.1) is 7.11 Å². The molecule has 1 atom stereocenters. The highest BCUT2D eigenvalue weighted by molar-refractivity contribution is 5.61. The molecular weight excluding hydrogens is 224 g/mol. The lowest BCUT2D eigenvalue weighted by Gasteiger charge is -2.32. The van der Waals surface area contributed by atoms with E-state index in [0.29, 0.717) is 6.04 Å². The monoisotopic (exact) mass is 250 g/mol. The summed E-state index contributed by atoms with van der Waals surface area (Å²) in [5.41, 5.74) is 8.41. The molecule has 18 heavy (non-hydrogen) atoms. The molecule has 102 valence electrons. The van der Waals surface area contributed by atoms with Gasteiger partial charge in [0, 0.05) is 29.9 Å². The molecule has 0 radical (unpaired) electrons. The molecule has 0 aliphatic rings. The molecule has 0 saturated heterocycles. The SMILES string of the molecule is CCCN(c1cccc(OC)c1C(C)N)C(C)C. The maximum atomic E-state index is 6.12. The number of hydrogen-bond donors (Lipinski definition) is 1. The molecule has 0 aliphatic carbocycles. The van der Waals surface area contributed by atoms with Crippen molar-refractivity contribution in [2.75, 3.05) is 18.6 Å². The maximum Gasteiger partial charge on any atom is 0.125 e. The van der Waals surface area contributed by atoms with Crippen LogP contribution in [-0.4, -0.2) is 19.7 Å². The van der Waals surface area contributed by atoms with E-state index in [1.54, 1.807) is 7.11 Å². The van der Waals surface area contributed by atoms with Gasteiger partial charge in [-0.2, -0.15) is 0 Å². The Labute approximate surface area is 111 Å². The standard InChI is InChI=1S/C15H26N2O/c1-6-10-17(11(2)3)13-8-7-9-14(18-5)15(13)12(4)16/h7-9,11-12H,6,10,16H2,1-5H3. The van der Waals surface area contributed by atoms with Crippen molar-refractivity contribution in [1.29, 1.82) is 0 Å². The summed E-state index contributed by atoms with van der Waals surface area (Å²) in [7, 11) is 1.70. The highest BCUT2D eigenvalue weighted by atomic mass is 16.5. The van der Waals surface area contributed by atoms with Crippen LogP contribution < -0.4 is 15.4 Å². The minimum absolute atomic E-state index is 0.0331. The first-order valence-corrected chi connectivity index (χ1v) is 6.72. The Balaban J connectivity index is 3.28. The molecule has 0 fully saturated rings. The van der Waals surface area contributed by atoms with Gasteiger partial charge in [-0.1, -0.05) is 13.0 Å². The van der Waals surface area contributed by atoms with E-state index in [9.17, 15) is 0 Å². The molecule has 0 heterocycles. The van der Waals surface area contributed by atoms with Crippen LogP contribution >= 0.6 is 0 Å². The number of nitrogens with two attached hydrogens (primary N) is 1. The number of anilines is 1. The van der Waals surface area contributed by atoms with E-state index in [1.165, 1.54) is 5.69 Å². The third-order valence-corrected chi connectivity index (χ3v) is 3.12. The van der Waals surface area contributed by atoms with Crippen LogP contribution in [0.2, 0.25) is 0 Å². The Bertz CT molecular complexity index is 375. The summed E-state index contributed by atoms with van der Waals surface area (Å²) in [6.45, 7) is 9.65. The summed E-state index contributed by atoms with van der Waals surface area (Å²) in [6, 6.07) is 6.57. The van der Waals surface area contributed by atoms with Gasteiger partial charge < -0.3 is 15.4 Å². The van der Waals surface area contributed by atoms with Crippen LogP contribution in [0.5, 0.6) is 5.75 Å². The van der Waals surface area contributed by atoms with Crippen molar-refractivity contribution in [2.24, 2.45) is 5.73 Å². The second-order valence-electron chi connectivity index (χ2n) is 4.97. The van der Waals surface area contributed by atoms with E-state index in [1.807, 2.05) is 19.1 Å². The highest BCUT2D eigenvalue weighted by Crippen LogP contribution is 2.34. The third-order valence-electron chi connectivity index (χ3n) is 3.12. The second kappa shape index (κ2) is 6.64. The summed E-state index contributed by atoms with van der Waals surface area (Å²) < 4.78 is 5.45. The third kappa shape index (κ3) is 3.16. The van der Waals surface area contributed by atoms with Crippen molar-refractivity contribution in [2.45, 2.75) is 46.2 Å². The van der Waals surface area contributed by atoms with Crippen LogP contribution in [0.1, 0.15) is 45.7 Å². The minimum atomic E-state index is -0.0331. The van der Waals surface area contributed by atoms with Crippen molar-refractivity contribution >= 4 is 5.69 Å². The fourth-order valence-electron chi connectivity index (χ4n) is 2.32. The fraction of sp³-hybridized carbons (Fsp3) is 0.600. The van der Waals surface area contributed by atoms with Gasteiger partial charge in [-0.05, 0) is 39.3 Å². The van der Waals surface area contributed by atoms with Gasteiger partial charge in [0.15, 0.2) is 0 Å². The van der Waals surface area contributed by atoms with E-state index in [0.717, 1.165) is 24.3 Å². The van der Waals surface area contributed by atoms with E-state index in [2.05, 4.69) is 31.7 Å². The molecule has 1 aromatic rings. The molecule has 0 aliphatic heterocycles. The van der Waals surface area contributed by atoms with Gasteiger partial charge in [0.2, 0.25) is 0 Å². The number of benzene rings is 1. The van der Waals surface area contributed by atoms with E-state index >= 15 is 0 Å². The molecule has 2 N–H and O–H groups in total. The molecule has 1 unspecified atom stereocenters. The number of rotatable bonds is 6. The lowest BCUT2D eigenvalue weighted by molar-refractivity contribution is 0.406. The van der Waals surface area contributed by atoms with E-state index in [-0.39, 0.29) is 6.04 Å². The van der Waals surface area contributed by atoms with Crippen LogP contribution in [-0.2, 0) is 0 Å². The summed E-state index contributed by atoms with van der Waals surface area (Å²) in [5.74, 6) is 0.879. The summed E-state index contributed by atoms with van der Waals surface area (Å²) in [6.07, 6.45) is 1.12. The van der Waals surface area contributed by atoms with Crippen LogP contribution in [0, 0.1) is 0 Å². The van der Waals surface area contributed by atoms with Crippen molar-refractivity contribution in [1.82, 2.24) is 0 Å². The number of hydrogen-bond acceptors (Lipinski definition) is 3. The van der Waals surface area contributed by atoms with E-state index < -0.39 is 0 Å². The molecule has 0 amide bonds. The Morgan fingerprint density at radius 2 is 1.94 bits per heavy atom. The highest BCUT2D eigenvalue weighted by Gasteiger charge is 2.19. The van der Waals surface area contributed by atoms with Gasteiger partial charge in [-0.15, -0.1) is 0 Å². The average molecular weight is 250 g/mol. The van der Waals surface area contributed by atoms with Crippen molar-refractivity contribution in [3.05, 3.63) is 23.8 Å². The first kappa shape index (κ1) is 14.8. The van der Waals surface area contributed by atoms with Gasteiger partial charge in [0.1, 0.15) is 5.75 Å². The quantitative estimate of drug-likeness (QED) is 0.841. The Morgan fingerprint density at radius 3 is 2.39 bits per heavy atom. The number of nitrogens with zero attached hydrogens (tertiary/aromatic N) is 1. The average Bonchev–Trinajstić information content (AvgIpc) is 2.34. The Kier molecular flexibility index (Phi) is 5.48. The molecule has 1 rings (SSSR count). The molecule has 0 spiro atoms. The van der Waals surface area contributed by atoms with Gasteiger partial charge >= 0.3 is 0 Å². The zero-order valence-electron chi connectivity index (χ0n) is 12.2. The smallest absolute Gasteiger partial charge is 0.125 e. The molecular formula is C15H26N2O. The number of methoxy groups -OCH3 is 1. The molecule has 3 heteroatoms. The normalized spacial score (nSPS) is 12.6. The lowest BCUT2D eigenvalue weighted by atomic mass is 10.0. The topological polar surface area (TPSA) is 38.5 Å². The van der Waals surface area contributed by atoms with Crippen molar-refractivity contribution in [3.63, 3.8) is 0 Å². The largest absolute Gasteiger partial charge is 0.496 e.